The summed E-state index contributed by atoms with van der Waals surface area (Å²) in [6, 6.07) is 10.8. The van der Waals surface area contributed by atoms with Gasteiger partial charge in [0.05, 0.1) is 11.3 Å². The topological polar surface area (TPSA) is 112 Å². The zero-order chi connectivity index (χ0) is 24.7. The van der Waals surface area contributed by atoms with Crippen molar-refractivity contribution in [3.05, 3.63) is 53.2 Å². The molecule has 5 rings (SSSR count). The molecule has 9 nitrogen and oxygen atoms in total. The van der Waals surface area contributed by atoms with Gasteiger partial charge in [-0.1, -0.05) is 12.1 Å². The molecule has 3 N–H and O–H groups in total. The lowest BCUT2D eigenvalue weighted by molar-refractivity contribution is -0.123. The summed E-state index contributed by atoms with van der Waals surface area (Å²) in [6.07, 6.45) is 3.74. The van der Waals surface area contributed by atoms with Gasteiger partial charge in [0, 0.05) is 42.7 Å². The first-order valence-corrected chi connectivity index (χ1v) is 12.2. The molecule has 3 aromatic rings. The number of hydrogen-bond acceptors (Lipinski definition) is 6. The molecule has 9 heteroatoms. The Balaban J connectivity index is 1.33. The maximum Gasteiger partial charge on any atom is 0.256 e. The van der Waals surface area contributed by atoms with Crippen molar-refractivity contribution in [3.63, 3.8) is 0 Å². The maximum absolute atomic E-state index is 12.9. The lowest BCUT2D eigenvalue weighted by atomic mass is 9.97. The smallest absolute Gasteiger partial charge is 0.256 e. The third kappa shape index (κ3) is 5.14. The molecule has 0 spiro atoms. The predicted molar refractivity (Wildman–Crippen MR) is 133 cm³/mol. The van der Waals surface area contributed by atoms with E-state index in [2.05, 4.69) is 25.6 Å². The maximum atomic E-state index is 12.9. The molecule has 0 atom stereocenters. The van der Waals surface area contributed by atoms with E-state index < -0.39 is 5.60 Å². The molecular weight excluding hydrogens is 444 g/mol. The van der Waals surface area contributed by atoms with Crippen LogP contribution in [0.2, 0.25) is 0 Å². The van der Waals surface area contributed by atoms with E-state index in [0.717, 1.165) is 55.8 Å². The fraction of sp³-hybridized carbons (Fsp3) is 0.462. The fourth-order valence-electron chi connectivity index (χ4n) is 4.50. The molecule has 0 bridgehead atoms. The number of hydrogen-bond donors (Lipinski definition) is 3. The molecule has 2 aromatic heterocycles. The summed E-state index contributed by atoms with van der Waals surface area (Å²) >= 11 is 0. The quantitative estimate of drug-likeness (QED) is 0.504. The Morgan fingerprint density at radius 2 is 1.74 bits per heavy atom. The molecule has 184 valence electrons. The van der Waals surface area contributed by atoms with Crippen LogP contribution in [0.4, 0.5) is 11.6 Å². The summed E-state index contributed by atoms with van der Waals surface area (Å²) in [7, 11) is 0. The van der Waals surface area contributed by atoms with Crippen molar-refractivity contribution in [1.29, 1.82) is 0 Å². The number of amides is 2. The Morgan fingerprint density at radius 3 is 2.37 bits per heavy atom. The third-order valence-electron chi connectivity index (χ3n) is 6.74. The number of carbonyl (C=O) groups excluding carboxylic acids is 2. The zero-order valence-corrected chi connectivity index (χ0v) is 20.4. The van der Waals surface area contributed by atoms with Gasteiger partial charge in [0.25, 0.3) is 5.91 Å². The minimum absolute atomic E-state index is 0.193. The van der Waals surface area contributed by atoms with Crippen LogP contribution in [0.5, 0.6) is 0 Å². The van der Waals surface area contributed by atoms with Crippen LogP contribution in [-0.4, -0.2) is 50.7 Å². The number of fused-ring (bicyclic) bond motifs is 1. The summed E-state index contributed by atoms with van der Waals surface area (Å²) in [4.78, 5) is 31.9. The van der Waals surface area contributed by atoms with Gasteiger partial charge in [0.1, 0.15) is 11.6 Å². The van der Waals surface area contributed by atoms with E-state index in [1.165, 1.54) is 0 Å². The first-order chi connectivity index (χ1) is 16.7. The van der Waals surface area contributed by atoms with Crippen LogP contribution in [0, 0.1) is 12.8 Å². The van der Waals surface area contributed by atoms with Gasteiger partial charge in [-0.3, -0.25) is 9.59 Å². The van der Waals surface area contributed by atoms with Gasteiger partial charge >= 0.3 is 0 Å². The molecule has 2 amide bonds. The molecule has 1 aromatic carbocycles. The van der Waals surface area contributed by atoms with Crippen molar-refractivity contribution in [2.24, 2.45) is 5.92 Å². The standard InChI is InChI=1S/C26H32N6O3/c1-16-14-22-28-21(29-25(34)18-6-8-19(9-7-18)26(2,3)35)15-23(32(22)30-16)31-12-10-20(11-13-31)27-24(33)17-4-5-17/h6-9,14-15,17,20,35H,4-5,10-13H2,1-3H3,(H,27,33)(H,28,29,34). The average Bonchev–Trinajstić information content (AvgIpc) is 3.60. The molecule has 0 radical (unpaired) electrons. The third-order valence-corrected chi connectivity index (χ3v) is 6.74. The summed E-state index contributed by atoms with van der Waals surface area (Å²) < 4.78 is 1.81. The van der Waals surface area contributed by atoms with Gasteiger partial charge in [0.15, 0.2) is 5.65 Å². The number of carbonyl (C=O) groups is 2. The van der Waals surface area contributed by atoms with Gasteiger partial charge in [0.2, 0.25) is 5.91 Å². The van der Waals surface area contributed by atoms with E-state index in [-0.39, 0.29) is 23.8 Å². The highest BCUT2D eigenvalue weighted by Crippen LogP contribution is 2.30. The van der Waals surface area contributed by atoms with E-state index in [1.807, 2.05) is 23.6 Å². The predicted octanol–water partition coefficient (Wildman–Crippen LogP) is 3.01. The second kappa shape index (κ2) is 8.96. The van der Waals surface area contributed by atoms with E-state index >= 15 is 0 Å². The van der Waals surface area contributed by atoms with Gasteiger partial charge < -0.3 is 20.6 Å². The van der Waals surface area contributed by atoms with Crippen molar-refractivity contribution < 1.29 is 14.7 Å². The highest BCUT2D eigenvalue weighted by Gasteiger charge is 2.32. The van der Waals surface area contributed by atoms with Crippen molar-refractivity contribution in [3.8, 4) is 0 Å². The van der Waals surface area contributed by atoms with Gasteiger partial charge in [-0.2, -0.15) is 9.61 Å². The Morgan fingerprint density at radius 1 is 1.06 bits per heavy atom. The van der Waals surface area contributed by atoms with E-state index in [4.69, 9.17) is 0 Å². The van der Waals surface area contributed by atoms with Crippen LogP contribution in [0.3, 0.4) is 0 Å². The number of aliphatic hydroxyl groups is 1. The Kier molecular flexibility index (Phi) is 5.96. The molecule has 0 unspecified atom stereocenters. The molecule has 1 saturated carbocycles. The number of aryl methyl sites for hydroxylation is 1. The highest BCUT2D eigenvalue weighted by atomic mass is 16.3. The lowest BCUT2D eigenvalue weighted by Gasteiger charge is -2.34. The second-order valence-electron chi connectivity index (χ2n) is 10.2. The number of aromatic nitrogens is 3. The minimum Gasteiger partial charge on any atom is -0.386 e. The van der Waals surface area contributed by atoms with Crippen molar-refractivity contribution >= 4 is 29.1 Å². The van der Waals surface area contributed by atoms with E-state index in [9.17, 15) is 14.7 Å². The highest BCUT2D eigenvalue weighted by molar-refractivity contribution is 6.04. The van der Waals surface area contributed by atoms with Crippen LogP contribution in [0.25, 0.3) is 5.65 Å². The summed E-state index contributed by atoms with van der Waals surface area (Å²) in [5, 5.41) is 20.9. The first-order valence-electron chi connectivity index (χ1n) is 12.2. The molecule has 1 aliphatic heterocycles. The van der Waals surface area contributed by atoms with Crippen LogP contribution in [0.1, 0.15) is 61.1 Å². The number of nitrogens with zero attached hydrogens (tertiary/aromatic N) is 4. The molecule has 3 heterocycles. The minimum atomic E-state index is -0.968. The monoisotopic (exact) mass is 476 g/mol. The molecule has 2 fully saturated rings. The van der Waals surface area contributed by atoms with E-state index in [0.29, 0.717) is 17.0 Å². The largest absolute Gasteiger partial charge is 0.386 e. The number of anilines is 2. The number of nitrogens with one attached hydrogen (secondary N) is 2. The SMILES string of the molecule is Cc1cc2nc(NC(=O)c3ccc(C(C)(C)O)cc3)cc(N3CCC(NC(=O)C4CC4)CC3)n2n1. The molecular formula is C26H32N6O3. The van der Waals surface area contributed by atoms with Crippen molar-refractivity contribution in [1.82, 2.24) is 19.9 Å². The van der Waals surface area contributed by atoms with Crippen molar-refractivity contribution in [2.75, 3.05) is 23.3 Å². The average molecular weight is 477 g/mol. The zero-order valence-electron chi connectivity index (χ0n) is 20.4. The lowest BCUT2D eigenvalue weighted by Crippen LogP contribution is -2.45. The fourth-order valence-corrected chi connectivity index (χ4v) is 4.50. The Labute approximate surface area is 204 Å². The molecule has 35 heavy (non-hydrogen) atoms. The van der Waals surface area contributed by atoms with Crippen molar-refractivity contribution in [2.45, 2.75) is 58.1 Å². The molecule has 1 saturated heterocycles. The molecule has 1 aliphatic carbocycles. The first kappa shape index (κ1) is 23.3. The Bertz CT molecular complexity index is 1250. The number of piperidine rings is 1. The summed E-state index contributed by atoms with van der Waals surface area (Å²) in [5.41, 5.74) is 1.76. The van der Waals surface area contributed by atoms with Crippen LogP contribution in [0.15, 0.2) is 36.4 Å². The van der Waals surface area contributed by atoms with Gasteiger partial charge in [-0.25, -0.2) is 4.98 Å². The van der Waals surface area contributed by atoms with Gasteiger partial charge in [-0.15, -0.1) is 0 Å². The normalized spacial score (nSPS) is 17.0. The van der Waals surface area contributed by atoms with Gasteiger partial charge in [-0.05, 0) is 64.2 Å². The molecule has 2 aliphatic rings. The van der Waals surface area contributed by atoms with E-state index in [1.54, 1.807) is 38.1 Å². The summed E-state index contributed by atoms with van der Waals surface area (Å²) in [5.74, 6) is 1.46. The Hall–Kier alpha value is -3.46. The second-order valence-corrected chi connectivity index (χ2v) is 10.2. The number of rotatable bonds is 6. The van der Waals surface area contributed by atoms with Crippen LogP contribution in [-0.2, 0) is 10.4 Å². The van der Waals surface area contributed by atoms with Crippen LogP contribution < -0.4 is 15.5 Å². The number of benzene rings is 1. The van der Waals surface area contributed by atoms with Crippen LogP contribution >= 0.6 is 0 Å². The summed E-state index contributed by atoms with van der Waals surface area (Å²) in [6.45, 7) is 6.89.